The Morgan fingerprint density at radius 3 is 2.61 bits per heavy atom. The van der Waals surface area contributed by atoms with E-state index in [0.29, 0.717) is 0 Å². The quantitative estimate of drug-likeness (QED) is 0.374. The van der Waals surface area contributed by atoms with Gasteiger partial charge in [-0.2, -0.15) is 0 Å². The van der Waals surface area contributed by atoms with E-state index < -0.39 is 0 Å². The van der Waals surface area contributed by atoms with Crippen molar-refractivity contribution in [3.8, 4) is 5.75 Å². The lowest BCUT2D eigenvalue weighted by Crippen LogP contribution is -2.50. The van der Waals surface area contributed by atoms with E-state index in [9.17, 15) is 4.39 Å². The van der Waals surface area contributed by atoms with E-state index in [4.69, 9.17) is 4.74 Å². The van der Waals surface area contributed by atoms with Crippen LogP contribution in [0.4, 0.5) is 10.1 Å². The summed E-state index contributed by atoms with van der Waals surface area (Å²) in [4.78, 5) is 3.65. The molecule has 2 N–H and O–H groups in total. The summed E-state index contributed by atoms with van der Waals surface area (Å²) in [6, 6.07) is 19.6. The van der Waals surface area contributed by atoms with Crippen molar-refractivity contribution < 1.29 is 9.13 Å². The van der Waals surface area contributed by atoms with Crippen LogP contribution in [0.1, 0.15) is 42.7 Å². The molecule has 2 heterocycles. The van der Waals surface area contributed by atoms with E-state index in [0.717, 1.165) is 62.4 Å². The molecule has 4 nitrogen and oxygen atoms in total. The van der Waals surface area contributed by atoms with Gasteiger partial charge in [0.1, 0.15) is 17.7 Å². The van der Waals surface area contributed by atoms with E-state index in [1.807, 2.05) is 19.2 Å². The number of para-hydroxylation sites is 2. The van der Waals surface area contributed by atoms with Gasteiger partial charge in [-0.15, -0.1) is 11.3 Å². The molecule has 1 aromatic heterocycles. The number of anilines is 1. The van der Waals surface area contributed by atoms with Gasteiger partial charge < -0.3 is 20.3 Å². The SMILES string of the molecule is CCNCC[C@@H](Oc1ccccc1N1CCC(NC)(c2cccc(F)c2)CC1)c1cccs1. The Morgan fingerprint density at radius 1 is 1.09 bits per heavy atom. The summed E-state index contributed by atoms with van der Waals surface area (Å²) < 4.78 is 20.5. The molecule has 2 aromatic carbocycles. The van der Waals surface area contributed by atoms with Gasteiger partial charge in [0.2, 0.25) is 0 Å². The van der Waals surface area contributed by atoms with Crippen molar-refractivity contribution in [2.24, 2.45) is 0 Å². The predicted octanol–water partition coefficient (Wildman–Crippen LogP) is 5.72. The number of ether oxygens (including phenoxy) is 1. The second-order valence-electron chi connectivity index (χ2n) is 8.56. The van der Waals surface area contributed by atoms with Crippen molar-refractivity contribution in [1.82, 2.24) is 10.6 Å². The number of thiophene rings is 1. The molecule has 6 heteroatoms. The maximum absolute atomic E-state index is 13.9. The first-order valence-corrected chi connectivity index (χ1v) is 12.7. The summed E-state index contributed by atoms with van der Waals surface area (Å²) in [6.07, 6.45) is 2.75. The van der Waals surface area contributed by atoms with Crippen LogP contribution in [0.15, 0.2) is 66.0 Å². The van der Waals surface area contributed by atoms with E-state index in [1.54, 1.807) is 23.5 Å². The highest BCUT2D eigenvalue weighted by Crippen LogP contribution is 2.39. The molecular formula is C27H34FN3OS. The summed E-state index contributed by atoms with van der Waals surface area (Å²) in [5.41, 5.74) is 1.95. The highest BCUT2D eigenvalue weighted by Gasteiger charge is 2.35. The van der Waals surface area contributed by atoms with Crippen molar-refractivity contribution >= 4 is 17.0 Å². The minimum absolute atomic E-state index is 0.0266. The largest absolute Gasteiger partial charge is 0.483 e. The zero-order valence-corrected chi connectivity index (χ0v) is 20.3. The molecule has 1 atom stereocenters. The van der Waals surface area contributed by atoms with Gasteiger partial charge in [0.05, 0.1) is 5.69 Å². The molecule has 1 fully saturated rings. The number of benzene rings is 2. The molecule has 0 bridgehead atoms. The third kappa shape index (κ3) is 5.57. The Morgan fingerprint density at radius 2 is 1.91 bits per heavy atom. The van der Waals surface area contributed by atoms with Crippen molar-refractivity contribution in [2.45, 2.75) is 37.8 Å². The molecule has 33 heavy (non-hydrogen) atoms. The Hall–Kier alpha value is -2.41. The Balaban J connectivity index is 1.51. The fourth-order valence-corrected chi connectivity index (χ4v) is 5.50. The van der Waals surface area contributed by atoms with Crippen LogP contribution in [-0.2, 0) is 5.54 Å². The number of halogens is 1. The van der Waals surface area contributed by atoms with Gasteiger partial charge in [0.25, 0.3) is 0 Å². The van der Waals surface area contributed by atoms with Crippen LogP contribution >= 0.6 is 11.3 Å². The highest BCUT2D eigenvalue weighted by atomic mass is 32.1. The summed E-state index contributed by atoms with van der Waals surface area (Å²) in [7, 11) is 1.98. The maximum atomic E-state index is 13.9. The van der Waals surface area contributed by atoms with Crippen LogP contribution in [0.3, 0.4) is 0 Å². The lowest BCUT2D eigenvalue weighted by Gasteiger charge is -2.43. The number of nitrogens with zero attached hydrogens (tertiary/aromatic N) is 1. The average molecular weight is 468 g/mol. The van der Waals surface area contributed by atoms with Crippen molar-refractivity contribution in [3.05, 3.63) is 82.3 Å². The molecular weight excluding hydrogens is 433 g/mol. The fraction of sp³-hybridized carbons (Fsp3) is 0.407. The Kier molecular flexibility index (Phi) is 8.02. The first-order chi connectivity index (χ1) is 16.1. The molecule has 1 aliphatic rings. The van der Waals surface area contributed by atoms with Gasteiger partial charge in [-0.3, -0.25) is 0 Å². The van der Waals surface area contributed by atoms with Gasteiger partial charge >= 0.3 is 0 Å². The van der Waals surface area contributed by atoms with Gasteiger partial charge in [-0.25, -0.2) is 4.39 Å². The first-order valence-electron chi connectivity index (χ1n) is 11.8. The monoisotopic (exact) mass is 467 g/mol. The van der Waals surface area contributed by atoms with Crippen molar-refractivity contribution in [1.29, 1.82) is 0 Å². The molecule has 1 saturated heterocycles. The van der Waals surface area contributed by atoms with Crippen LogP contribution in [0.2, 0.25) is 0 Å². The molecule has 1 aliphatic heterocycles. The topological polar surface area (TPSA) is 36.5 Å². The van der Waals surface area contributed by atoms with Gasteiger partial charge in [-0.05, 0) is 74.3 Å². The Bertz CT molecular complexity index is 1000. The minimum Gasteiger partial charge on any atom is -0.483 e. The number of rotatable bonds is 10. The fourth-order valence-electron chi connectivity index (χ4n) is 4.71. The van der Waals surface area contributed by atoms with Crippen LogP contribution < -0.4 is 20.3 Å². The van der Waals surface area contributed by atoms with Crippen LogP contribution in [0, 0.1) is 5.82 Å². The summed E-state index contributed by atoms with van der Waals surface area (Å²) >= 11 is 1.75. The maximum Gasteiger partial charge on any atom is 0.143 e. The van der Waals surface area contributed by atoms with E-state index in [1.165, 1.54) is 10.9 Å². The number of hydrogen-bond acceptors (Lipinski definition) is 5. The van der Waals surface area contributed by atoms with Gasteiger partial charge in [0.15, 0.2) is 0 Å². The molecule has 0 spiro atoms. The number of nitrogens with one attached hydrogen (secondary N) is 2. The molecule has 4 rings (SSSR count). The van der Waals surface area contributed by atoms with E-state index >= 15 is 0 Å². The number of piperidine rings is 1. The van der Waals surface area contributed by atoms with Crippen LogP contribution in [0.25, 0.3) is 0 Å². The predicted molar refractivity (Wildman–Crippen MR) is 136 cm³/mol. The summed E-state index contributed by atoms with van der Waals surface area (Å²) in [5.74, 6) is 0.746. The summed E-state index contributed by atoms with van der Waals surface area (Å²) in [6.45, 7) is 5.75. The smallest absolute Gasteiger partial charge is 0.143 e. The van der Waals surface area contributed by atoms with Crippen molar-refractivity contribution in [3.63, 3.8) is 0 Å². The Labute approximate surface area is 200 Å². The summed E-state index contributed by atoms with van der Waals surface area (Å²) in [5, 5.41) is 9.03. The second kappa shape index (κ2) is 11.1. The van der Waals surface area contributed by atoms with Crippen LogP contribution in [-0.4, -0.2) is 33.2 Å². The zero-order valence-electron chi connectivity index (χ0n) is 19.5. The van der Waals surface area contributed by atoms with E-state index in [-0.39, 0.29) is 17.5 Å². The standard InChI is InChI=1S/C27H34FN3OS/c1-3-30-16-13-25(26-12-7-19-33-26)32-24-11-5-4-10-23(24)31-17-14-27(29-2,15-18-31)21-8-6-9-22(28)20-21/h4-12,19-20,25,29-30H,3,13-18H2,1-2H3/t25-/m1/s1. The molecule has 0 amide bonds. The molecule has 176 valence electrons. The van der Waals surface area contributed by atoms with Gasteiger partial charge in [0, 0.05) is 29.9 Å². The zero-order chi connectivity index (χ0) is 23.1. The van der Waals surface area contributed by atoms with E-state index in [2.05, 4.69) is 58.2 Å². The molecule has 0 aliphatic carbocycles. The second-order valence-corrected chi connectivity index (χ2v) is 9.54. The van der Waals surface area contributed by atoms with Gasteiger partial charge in [-0.1, -0.05) is 37.3 Å². The molecule has 0 saturated carbocycles. The average Bonchev–Trinajstić information content (AvgIpc) is 3.39. The lowest BCUT2D eigenvalue weighted by molar-refractivity contribution is 0.197. The van der Waals surface area contributed by atoms with Crippen molar-refractivity contribution in [2.75, 3.05) is 38.1 Å². The minimum atomic E-state index is -0.209. The first kappa shape index (κ1) is 23.7. The molecule has 3 aromatic rings. The van der Waals surface area contributed by atoms with Crippen LogP contribution in [0.5, 0.6) is 5.75 Å². The third-order valence-corrected chi connectivity index (χ3v) is 7.61. The molecule has 0 radical (unpaired) electrons. The normalized spacial score (nSPS) is 16.5. The lowest BCUT2D eigenvalue weighted by atomic mass is 9.81. The number of hydrogen-bond donors (Lipinski definition) is 2. The third-order valence-electron chi connectivity index (χ3n) is 6.64. The highest BCUT2D eigenvalue weighted by molar-refractivity contribution is 7.10. The molecule has 0 unspecified atom stereocenters.